The Morgan fingerprint density at radius 1 is 1.23 bits per heavy atom. The predicted molar refractivity (Wildman–Crippen MR) is 55.6 cm³/mol. The maximum Gasteiger partial charge on any atom is -0.0149 e. The van der Waals surface area contributed by atoms with Crippen molar-refractivity contribution in [1.82, 2.24) is 0 Å². The SMILES string of the molecule is [c]1ccccc1CCC1CCCC1. The smallest absolute Gasteiger partial charge is 0.0149 e. The van der Waals surface area contributed by atoms with E-state index in [1.54, 1.807) is 0 Å². The lowest BCUT2D eigenvalue weighted by Gasteiger charge is -2.07. The molecule has 1 aliphatic rings. The Labute approximate surface area is 81.0 Å². The Morgan fingerprint density at radius 2 is 2.08 bits per heavy atom. The van der Waals surface area contributed by atoms with E-state index in [0.717, 1.165) is 5.92 Å². The molecule has 0 nitrogen and oxygen atoms in total. The molecule has 0 heterocycles. The Morgan fingerprint density at radius 3 is 2.77 bits per heavy atom. The maximum atomic E-state index is 3.29. The van der Waals surface area contributed by atoms with Crippen LogP contribution >= 0.6 is 0 Å². The maximum absolute atomic E-state index is 3.29. The first-order valence-corrected chi connectivity index (χ1v) is 5.41. The van der Waals surface area contributed by atoms with Crippen molar-refractivity contribution in [3.63, 3.8) is 0 Å². The molecule has 13 heavy (non-hydrogen) atoms. The molecule has 0 amide bonds. The van der Waals surface area contributed by atoms with Gasteiger partial charge in [0.05, 0.1) is 0 Å². The standard InChI is InChI=1S/C13H17/c1-2-6-12(7-3-1)10-11-13-8-4-5-9-13/h1-3,6,13H,4-5,8-11H2. The lowest BCUT2D eigenvalue weighted by molar-refractivity contribution is 0.504. The monoisotopic (exact) mass is 173 g/mol. The van der Waals surface area contributed by atoms with Crippen LogP contribution in [0.5, 0.6) is 0 Å². The van der Waals surface area contributed by atoms with Gasteiger partial charge in [-0.25, -0.2) is 0 Å². The third-order valence-electron chi connectivity index (χ3n) is 3.07. The quantitative estimate of drug-likeness (QED) is 0.655. The highest BCUT2D eigenvalue weighted by atomic mass is 14.2. The highest BCUT2D eigenvalue weighted by molar-refractivity contribution is 5.13. The summed E-state index contributed by atoms with van der Waals surface area (Å²) in [5, 5.41) is 0. The molecule has 1 aromatic carbocycles. The first-order valence-electron chi connectivity index (χ1n) is 5.41. The summed E-state index contributed by atoms with van der Waals surface area (Å²) in [5.41, 5.74) is 1.38. The normalized spacial score (nSPS) is 17.8. The van der Waals surface area contributed by atoms with Crippen molar-refractivity contribution in [3.8, 4) is 0 Å². The van der Waals surface area contributed by atoms with Gasteiger partial charge in [-0.1, -0.05) is 49.9 Å². The molecule has 1 radical (unpaired) electrons. The molecule has 0 unspecified atom stereocenters. The number of benzene rings is 1. The molecule has 0 spiro atoms. The predicted octanol–water partition coefficient (Wildman–Crippen LogP) is 3.61. The van der Waals surface area contributed by atoms with Crippen LogP contribution in [0, 0.1) is 12.0 Å². The Bertz CT molecular complexity index is 231. The summed E-state index contributed by atoms with van der Waals surface area (Å²) >= 11 is 0. The average molecular weight is 173 g/mol. The van der Waals surface area contributed by atoms with Gasteiger partial charge in [0, 0.05) is 0 Å². The summed E-state index contributed by atoms with van der Waals surface area (Å²) < 4.78 is 0. The van der Waals surface area contributed by atoms with Gasteiger partial charge in [0.1, 0.15) is 0 Å². The number of aryl methyl sites for hydroxylation is 1. The summed E-state index contributed by atoms with van der Waals surface area (Å²) in [6, 6.07) is 11.7. The van der Waals surface area contributed by atoms with Gasteiger partial charge in [-0.05, 0) is 30.4 Å². The minimum absolute atomic E-state index is 1.01. The molecule has 1 saturated carbocycles. The van der Waals surface area contributed by atoms with E-state index < -0.39 is 0 Å². The Kier molecular flexibility index (Phi) is 3.02. The molecular formula is C13H17. The van der Waals surface area contributed by atoms with Crippen LogP contribution in [-0.4, -0.2) is 0 Å². The molecule has 0 bridgehead atoms. The van der Waals surface area contributed by atoms with Crippen LogP contribution in [0.1, 0.15) is 37.7 Å². The fourth-order valence-corrected chi connectivity index (χ4v) is 2.24. The molecule has 69 valence electrons. The van der Waals surface area contributed by atoms with Crippen LogP contribution in [0.15, 0.2) is 24.3 Å². The zero-order valence-electron chi connectivity index (χ0n) is 8.13. The zero-order chi connectivity index (χ0) is 8.93. The van der Waals surface area contributed by atoms with Crippen molar-refractivity contribution < 1.29 is 0 Å². The molecule has 0 N–H and O–H groups in total. The molecule has 0 atom stereocenters. The lowest BCUT2D eigenvalue weighted by atomic mass is 9.98. The molecule has 0 saturated heterocycles. The van der Waals surface area contributed by atoms with Gasteiger partial charge < -0.3 is 0 Å². The lowest BCUT2D eigenvalue weighted by Crippen LogP contribution is -1.95. The van der Waals surface area contributed by atoms with Crippen molar-refractivity contribution >= 4 is 0 Å². The van der Waals surface area contributed by atoms with Gasteiger partial charge >= 0.3 is 0 Å². The molecule has 0 aliphatic heterocycles. The van der Waals surface area contributed by atoms with Crippen LogP contribution in [0.3, 0.4) is 0 Å². The van der Waals surface area contributed by atoms with E-state index >= 15 is 0 Å². The summed E-state index contributed by atoms with van der Waals surface area (Å²) in [6.07, 6.45) is 8.46. The van der Waals surface area contributed by atoms with Gasteiger partial charge in [0.2, 0.25) is 0 Å². The minimum Gasteiger partial charge on any atom is -0.0620 e. The summed E-state index contributed by atoms with van der Waals surface area (Å²) in [6.45, 7) is 0. The van der Waals surface area contributed by atoms with Crippen LogP contribution in [0.4, 0.5) is 0 Å². The molecule has 2 rings (SSSR count). The highest BCUT2D eigenvalue weighted by Gasteiger charge is 2.14. The molecular weight excluding hydrogens is 156 g/mol. The van der Waals surface area contributed by atoms with Gasteiger partial charge in [-0.2, -0.15) is 0 Å². The second-order valence-corrected chi connectivity index (χ2v) is 4.08. The highest BCUT2D eigenvalue weighted by Crippen LogP contribution is 2.28. The van der Waals surface area contributed by atoms with Crippen LogP contribution in [0.2, 0.25) is 0 Å². The van der Waals surface area contributed by atoms with Crippen LogP contribution in [-0.2, 0) is 6.42 Å². The van der Waals surface area contributed by atoms with Crippen molar-refractivity contribution in [3.05, 3.63) is 35.9 Å². The third-order valence-corrected chi connectivity index (χ3v) is 3.07. The molecule has 0 aromatic heterocycles. The zero-order valence-corrected chi connectivity index (χ0v) is 8.13. The van der Waals surface area contributed by atoms with Crippen LogP contribution in [0.25, 0.3) is 0 Å². The number of hydrogen-bond acceptors (Lipinski definition) is 0. The van der Waals surface area contributed by atoms with Crippen molar-refractivity contribution in [2.45, 2.75) is 38.5 Å². The van der Waals surface area contributed by atoms with E-state index in [1.807, 2.05) is 12.1 Å². The van der Waals surface area contributed by atoms with Gasteiger partial charge in [0.25, 0.3) is 0 Å². The second-order valence-electron chi connectivity index (χ2n) is 4.08. The Hall–Kier alpha value is -0.780. The summed E-state index contributed by atoms with van der Waals surface area (Å²) in [5.74, 6) is 1.01. The minimum atomic E-state index is 1.01. The fraction of sp³-hybridized carbons (Fsp3) is 0.538. The molecule has 1 fully saturated rings. The second kappa shape index (κ2) is 4.45. The largest absolute Gasteiger partial charge is 0.0620 e. The first-order chi connectivity index (χ1) is 6.45. The summed E-state index contributed by atoms with van der Waals surface area (Å²) in [7, 11) is 0. The topological polar surface area (TPSA) is 0 Å². The van der Waals surface area contributed by atoms with Gasteiger partial charge in [-0.15, -0.1) is 0 Å². The van der Waals surface area contributed by atoms with Crippen molar-refractivity contribution in [1.29, 1.82) is 0 Å². The van der Waals surface area contributed by atoms with E-state index in [1.165, 1.54) is 44.1 Å². The van der Waals surface area contributed by atoms with Crippen molar-refractivity contribution in [2.24, 2.45) is 5.92 Å². The molecule has 0 heteroatoms. The summed E-state index contributed by atoms with van der Waals surface area (Å²) in [4.78, 5) is 0. The van der Waals surface area contributed by atoms with Crippen LogP contribution < -0.4 is 0 Å². The van der Waals surface area contributed by atoms with E-state index in [-0.39, 0.29) is 0 Å². The average Bonchev–Trinajstić information content (AvgIpc) is 2.69. The van der Waals surface area contributed by atoms with E-state index in [0.29, 0.717) is 0 Å². The van der Waals surface area contributed by atoms with E-state index in [2.05, 4.69) is 18.2 Å². The van der Waals surface area contributed by atoms with E-state index in [9.17, 15) is 0 Å². The number of hydrogen-bond donors (Lipinski definition) is 0. The molecule has 1 aromatic rings. The van der Waals surface area contributed by atoms with Gasteiger partial charge in [0.15, 0.2) is 0 Å². The van der Waals surface area contributed by atoms with Crippen molar-refractivity contribution in [2.75, 3.05) is 0 Å². The Balaban J connectivity index is 1.79. The molecule has 1 aliphatic carbocycles. The fourth-order valence-electron chi connectivity index (χ4n) is 2.24. The number of rotatable bonds is 3. The van der Waals surface area contributed by atoms with E-state index in [4.69, 9.17) is 0 Å². The van der Waals surface area contributed by atoms with Gasteiger partial charge in [-0.3, -0.25) is 0 Å². The first kappa shape index (κ1) is 8.80. The third kappa shape index (κ3) is 2.58.